The Hall–Kier alpha value is 0.650. The van der Waals surface area contributed by atoms with Gasteiger partial charge in [0.05, 0.1) is 0 Å². The van der Waals surface area contributed by atoms with Crippen molar-refractivity contribution in [2.45, 2.75) is 19.6 Å². The summed E-state index contributed by atoms with van der Waals surface area (Å²) in [6, 6.07) is 0. The number of rotatable bonds is 0. The van der Waals surface area contributed by atoms with Gasteiger partial charge in [-0.2, -0.15) is 0 Å². The molecular formula is C4H8IO2-. The van der Waals surface area contributed by atoms with Gasteiger partial charge in [-0.05, 0) is 0 Å². The Balaban J connectivity index is 2.40. The molecule has 0 spiro atoms. The van der Waals surface area contributed by atoms with Crippen LogP contribution in [0.25, 0.3) is 0 Å². The first-order valence-electron chi connectivity index (χ1n) is 2.12. The Labute approximate surface area is 54.0 Å². The first-order chi connectivity index (χ1) is 3.21. The quantitative estimate of drug-likeness (QED) is 0.335. The minimum atomic E-state index is -0.257. The topological polar surface area (TPSA) is 18.5 Å². The molecule has 2 nitrogen and oxygen atoms in total. The molecule has 0 radical (unpaired) electrons. The average molecular weight is 215 g/mol. The Morgan fingerprint density at radius 1 is 1.57 bits per heavy atom. The van der Waals surface area contributed by atoms with Crippen molar-refractivity contribution in [1.29, 1.82) is 0 Å². The van der Waals surface area contributed by atoms with Crippen molar-refractivity contribution in [2.24, 2.45) is 0 Å². The summed E-state index contributed by atoms with van der Waals surface area (Å²) in [6.45, 7) is 3.89. The maximum absolute atomic E-state index is 5.23. The van der Waals surface area contributed by atoms with E-state index in [1.807, 2.05) is 13.8 Å². The Morgan fingerprint density at radius 2 is 2.29 bits per heavy atom. The third-order valence-electron chi connectivity index (χ3n) is 0.687. The second-order valence-electron chi connectivity index (χ2n) is 1.84. The van der Waals surface area contributed by atoms with Gasteiger partial charge >= 0.3 is 53.7 Å². The van der Waals surface area contributed by atoms with Crippen LogP contribution < -0.4 is 21.6 Å². The van der Waals surface area contributed by atoms with Crippen LogP contribution in [0, 0.1) is 0 Å². The summed E-state index contributed by atoms with van der Waals surface area (Å²) >= 11 is -0.0697. The van der Waals surface area contributed by atoms with Crippen LogP contribution >= 0.6 is 0 Å². The molecule has 0 bridgehead atoms. The molecule has 0 unspecified atom stereocenters. The molecule has 0 saturated carbocycles. The number of halogens is 1. The molecule has 1 saturated heterocycles. The van der Waals surface area contributed by atoms with E-state index in [4.69, 9.17) is 7.80 Å². The van der Waals surface area contributed by atoms with E-state index >= 15 is 0 Å². The van der Waals surface area contributed by atoms with Gasteiger partial charge in [-0.3, -0.25) is 0 Å². The van der Waals surface area contributed by atoms with Crippen molar-refractivity contribution in [3.05, 3.63) is 0 Å². The predicted octanol–water partition coefficient (Wildman–Crippen LogP) is -2.27. The van der Waals surface area contributed by atoms with E-state index in [1.54, 1.807) is 0 Å². The third kappa shape index (κ3) is 1.54. The summed E-state index contributed by atoms with van der Waals surface area (Å²) in [5, 5.41) is 0. The molecule has 1 rings (SSSR count). The van der Waals surface area contributed by atoms with Crippen molar-refractivity contribution < 1.29 is 29.4 Å². The number of hydrogen-bond acceptors (Lipinski definition) is 2. The maximum atomic E-state index is 5.23. The number of hydrogen-bond donors (Lipinski definition) is 0. The van der Waals surface area contributed by atoms with E-state index in [0.29, 0.717) is 0 Å². The van der Waals surface area contributed by atoms with Gasteiger partial charge in [-0.25, -0.2) is 0 Å². The second-order valence-corrected chi connectivity index (χ2v) is 3.53. The molecule has 0 amide bonds. The molecule has 0 atom stereocenters. The molecular weight excluding hydrogens is 207 g/mol. The summed E-state index contributed by atoms with van der Waals surface area (Å²) in [5.74, 6) is -0.257. The van der Waals surface area contributed by atoms with Crippen molar-refractivity contribution in [3.63, 3.8) is 0 Å². The van der Waals surface area contributed by atoms with Crippen LogP contribution in [0.5, 0.6) is 0 Å². The van der Waals surface area contributed by atoms with Gasteiger partial charge in [0.15, 0.2) is 0 Å². The van der Waals surface area contributed by atoms with Crippen LogP contribution in [0.1, 0.15) is 13.8 Å². The minimum absolute atomic E-state index is 0.0697. The first kappa shape index (κ1) is 5.78. The molecule has 7 heavy (non-hydrogen) atoms. The van der Waals surface area contributed by atoms with Gasteiger partial charge in [0.25, 0.3) is 0 Å². The van der Waals surface area contributed by atoms with Crippen LogP contribution in [0.4, 0.5) is 0 Å². The van der Waals surface area contributed by atoms with Gasteiger partial charge in [0.2, 0.25) is 0 Å². The zero-order valence-corrected chi connectivity index (χ0v) is 6.56. The second kappa shape index (κ2) is 1.87. The van der Waals surface area contributed by atoms with Gasteiger partial charge in [-0.15, -0.1) is 0 Å². The van der Waals surface area contributed by atoms with E-state index < -0.39 is 0 Å². The Bertz CT molecular complexity index is 64.1. The van der Waals surface area contributed by atoms with Crippen molar-refractivity contribution in [2.75, 3.05) is 4.61 Å². The predicted molar refractivity (Wildman–Crippen MR) is 21.1 cm³/mol. The molecule has 0 aromatic rings. The summed E-state index contributed by atoms with van der Waals surface area (Å²) in [4.78, 5) is 0. The van der Waals surface area contributed by atoms with E-state index in [-0.39, 0.29) is 27.4 Å². The van der Waals surface area contributed by atoms with Crippen LogP contribution in [-0.4, -0.2) is 10.4 Å². The molecule has 1 fully saturated rings. The van der Waals surface area contributed by atoms with Crippen molar-refractivity contribution >= 4 is 0 Å². The number of ether oxygens (including phenoxy) is 1. The van der Waals surface area contributed by atoms with Crippen LogP contribution in [0.3, 0.4) is 0 Å². The molecule has 0 aromatic heterocycles. The SMILES string of the molecule is CC1(C)OC[I-]O1. The standard InChI is InChI=1S/C4H8IO2/c1-4(2)6-3-5-7-4/h3H2,1-2H3/q-1. The van der Waals surface area contributed by atoms with Gasteiger partial charge < -0.3 is 0 Å². The normalized spacial score (nSPS) is 29.4. The van der Waals surface area contributed by atoms with Crippen LogP contribution in [0.2, 0.25) is 0 Å². The molecule has 1 heterocycles. The zero-order chi connectivity index (χ0) is 5.33. The fourth-order valence-electron chi connectivity index (χ4n) is 0.330. The summed E-state index contributed by atoms with van der Waals surface area (Å²) in [5.41, 5.74) is 0. The molecule has 0 N–H and O–H groups in total. The summed E-state index contributed by atoms with van der Waals surface area (Å²) < 4.78 is 11.2. The Kier molecular flexibility index (Phi) is 1.55. The fraction of sp³-hybridized carbons (Fsp3) is 1.00. The van der Waals surface area contributed by atoms with Gasteiger partial charge in [0.1, 0.15) is 0 Å². The van der Waals surface area contributed by atoms with E-state index in [2.05, 4.69) is 0 Å². The third-order valence-corrected chi connectivity index (χ3v) is 2.62. The molecule has 0 aliphatic carbocycles. The van der Waals surface area contributed by atoms with Crippen LogP contribution in [-0.2, 0) is 7.80 Å². The number of alkyl halides is 1. The molecule has 44 valence electrons. The first-order valence-corrected chi connectivity index (χ1v) is 4.52. The van der Waals surface area contributed by atoms with Crippen LogP contribution in [0.15, 0.2) is 0 Å². The Morgan fingerprint density at radius 3 is 2.43 bits per heavy atom. The average Bonchev–Trinajstić information content (AvgIpc) is 1.84. The van der Waals surface area contributed by atoms with Crippen molar-refractivity contribution in [3.8, 4) is 0 Å². The fourth-order valence-corrected chi connectivity index (χ4v) is 2.21. The molecule has 3 heteroatoms. The van der Waals surface area contributed by atoms with E-state index in [1.165, 1.54) is 0 Å². The molecule has 1 aliphatic rings. The van der Waals surface area contributed by atoms with Gasteiger partial charge in [-0.1, -0.05) is 0 Å². The molecule has 0 aromatic carbocycles. The van der Waals surface area contributed by atoms with Gasteiger partial charge in [0, 0.05) is 0 Å². The monoisotopic (exact) mass is 215 g/mol. The summed E-state index contributed by atoms with van der Waals surface area (Å²) in [6.07, 6.45) is 0. The van der Waals surface area contributed by atoms with E-state index in [9.17, 15) is 0 Å². The van der Waals surface area contributed by atoms with E-state index in [0.717, 1.165) is 4.61 Å². The summed E-state index contributed by atoms with van der Waals surface area (Å²) in [7, 11) is 0. The van der Waals surface area contributed by atoms with Crippen molar-refractivity contribution in [1.82, 2.24) is 0 Å². The molecule has 1 aliphatic heterocycles. The zero-order valence-electron chi connectivity index (χ0n) is 4.40.